The number of benzene rings is 2. The molecule has 0 saturated heterocycles. The number of alkyl halides is 3. The van der Waals surface area contributed by atoms with Gasteiger partial charge in [0.15, 0.2) is 23.4 Å². The maximum Gasteiger partial charge on any atom is 0.534 e. The van der Waals surface area contributed by atoms with E-state index in [1.165, 1.54) is 37.3 Å². The van der Waals surface area contributed by atoms with Crippen molar-refractivity contribution in [2.45, 2.75) is 24.6 Å². The highest BCUT2D eigenvalue weighted by Gasteiger charge is 2.51. The third kappa shape index (κ3) is 4.73. The van der Waals surface area contributed by atoms with Gasteiger partial charge in [-0.05, 0) is 37.3 Å². The van der Waals surface area contributed by atoms with Crippen LogP contribution in [-0.4, -0.2) is 51.6 Å². The molecule has 10 nitrogen and oxygen atoms in total. The van der Waals surface area contributed by atoms with E-state index in [4.69, 9.17) is 23.7 Å². The molecule has 0 fully saturated rings. The quantitative estimate of drug-likeness (QED) is 0.323. The highest BCUT2D eigenvalue weighted by Crippen LogP contribution is 2.47. The Balaban J connectivity index is 1.93. The van der Waals surface area contributed by atoms with Crippen molar-refractivity contribution in [3.05, 3.63) is 53.1 Å². The Labute approximate surface area is 202 Å². The van der Waals surface area contributed by atoms with E-state index in [0.717, 1.165) is 13.2 Å². The predicted molar refractivity (Wildman–Crippen MR) is 115 cm³/mol. The summed E-state index contributed by atoms with van der Waals surface area (Å²) in [5, 5.41) is 9.23. The SMILES string of the molecule is COC(=O)C1=C(OS(=O)(=O)C(F)(F)F)c2cc(OC(C)CO)ccc2OC1c1ccc2c(c1)OCO2. The van der Waals surface area contributed by atoms with E-state index in [1.54, 1.807) is 0 Å². The molecule has 2 unspecified atom stereocenters. The monoisotopic (exact) mass is 532 g/mol. The first-order valence-corrected chi connectivity index (χ1v) is 11.7. The van der Waals surface area contributed by atoms with E-state index in [2.05, 4.69) is 4.18 Å². The molecule has 2 aliphatic heterocycles. The fourth-order valence-electron chi connectivity index (χ4n) is 3.45. The molecule has 36 heavy (non-hydrogen) atoms. The van der Waals surface area contributed by atoms with Crippen molar-refractivity contribution in [3.8, 4) is 23.0 Å². The van der Waals surface area contributed by atoms with Gasteiger partial charge in [0.25, 0.3) is 0 Å². The molecule has 2 heterocycles. The van der Waals surface area contributed by atoms with Gasteiger partial charge < -0.3 is 33.0 Å². The van der Waals surface area contributed by atoms with Crippen molar-refractivity contribution < 1.29 is 59.4 Å². The lowest BCUT2D eigenvalue weighted by atomic mass is 9.94. The summed E-state index contributed by atoms with van der Waals surface area (Å²) < 4.78 is 95.0. The zero-order valence-corrected chi connectivity index (χ0v) is 19.5. The minimum Gasteiger partial charge on any atom is -0.488 e. The number of esters is 1. The lowest BCUT2D eigenvalue weighted by molar-refractivity contribution is -0.137. The second kappa shape index (κ2) is 9.43. The van der Waals surface area contributed by atoms with Crippen LogP contribution in [0.5, 0.6) is 23.0 Å². The molecule has 4 rings (SSSR count). The maximum atomic E-state index is 13.3. The van der Waals surface area contributed by atoms with E-state index >= 15 is 0 Å². The molecule has 1 N–H and O–H groups in total. The minimum atomic E-state index is -6.22. The summed E-state index contributed by atoms with van der Waals surface area (Å²) in [6, 6.07) is 8.19. The third-order valence-electron chi connectivity index (χ3n) is 5.12. The van der Waals surface area contributed by atoms with Gasteiger partial charge in [0, 0.05) is 5.56 Å². The highest BCUT2D eigenvalue weighted by atomic mass is 32.2. The summed E-state index contributed by atoms with van der Waals surface area (Å²) >= 11 is 0. The fraction of sp³-hybridized carbons (Fsp3) is 0.318. The molecule has 194 valence electrons. The maximum absolute atomic E-state index is 13.3. The average Bonchev–Trinajstić information content (AvgIpc) is 3.30. The topological polar surface area (TPSA) is 127 Å². The fourth-order valence-corrected chi connectivity index (χ4v) is 3.94. The molecule has 2 aromatic carbocycles. The molecule has 0 radical (unpaired) electrons. The normalized spacial score (nSPS) is 17.7. The Kier molecular flexibility index (Phi) is 6.66. The molecule has 2 aromatic rings. The number of carbonyl (C=O) groups is 1. The average molecular weight is 532 g/mol. The molecule has 0 aliphatic carbocycles. The Morgan fingerprint density at radius 3 is 2.50 bits per heavy atom. The Hall–Kier alpha value is -3.65. The first-order chi connectivity index (χ1) is 16.9. The van der Waals surface area contributed by atoms with Crippen LogP contribution in [0.2, 0.25) is 0 Å². The van der Waals surface area contributed by atoms with Gasteiger partial charge in [0.05, 0.1) is 19.3 Å². The van der Waals surface area contributed by atoms with Crippen LogP contribution >= 0.6 is 0 Å². The lowest BCUT2D eigenvalue weighted by Crippen LogP contribution is -2.29. The zero-order valence-electron chi connectivity index (χ0n) is 18.7. The van der Waals surface area contributed by atoms with Crippen molar-refractivity contribution in [2.24, 2.45) is 0 Å². The number of rotatable bonds is 7. The number of methoxy groups -OCH3 is 1. The van der Waals surface area contributed by atoms with Crippen molar-refractivity contribution in [1.29, 1.82) is 0 Å². The first kappa shape index (κ1) is 25.4. The molecule has 0 amide bonds. The summed E-state index contributed by atoms with van der Waals surface area (Å²) in [4.78, 5) is 12.8. The van der Waals surface area contributed by atoms with Gasteiger partial charge in [-0.25, -0.2) is 4.79 Å². The number of ether oxygens (including phenoxy) is 5. The summed E-state index contributed by atoms with van der Waals surface area (Å²) in [7, 11) is -5.26. The number of halogens is 3. The van der Waals surface area contributed by atoms with Crippen LogP contribution in [0, 0.1) is 0 Å². The van der Waals surface area contributed by atoms with Crippen LogP contribution in [0.25, 0.3) is 5.76 Å². The van der Waals surface area contributed by atoms with Crippen LogP contribution in [-0.2, 0) is 23.8 Å². The Morgan fingerprint density at radius 1 is 1.14 bits per heavy atom. The molecule has 0 spiro atoms. The molecule has 2 atom stereocenters. The van der Waals surface area contributed by atoms with Gasteiger partial charge in [-0.2, -0.15) is 21.6 Å². The van der Waals surface area contributed by atoms with E-state index in [0.29, 0.717) is 5.75 Å². The lowest BCUT2D eigenvalue weighted by Gasteiger charge is -2.30. The van der Waals surface area contributed by atoms with Crippen molar-refractivity contribution in [2.75, 3.05) is 20.5 Å². The van der Waals surface area contributed by atoms with Crippen LogP contribution in [0.3, 0.4) is 0 Å². The van der Waals surface area contributed by atoms with Gasteiger partial charge in [-0.3, -0.25) is 0 Å². The summed E-state index contributed by atoms with van der Waals surface area (Å²) in [6.45, 7) is 1.07. The molecule has 0 bridgehead atoms. The second-order valence-corrected chi connectivity index (χ2v) is 9.14. The van der Waals surface area contributed by atoms with Gasteiger partial charge in [0.2, 0.25) is 6.79 Å². The van der Waals surface area contributed by atoms with Crippen LogP contribution in [0.4, 0.5) is 13.2 Å². The molecule has 0 saturated carbocycles. The Morgan fingerprint density at radius 2 is 1.83 bits per heavy atom. The van der Waals surface area contributed by atoms with Gasteiger partial charge >= 0.3 is 21.6 Å². The largest absolute Gasteiger partial charge is 0.534 e. The molecular weight excluding hydrogens is 513 g/mol. The smallest absolute Gasteiger partial charge is 0.488 e. The number of aliphatic hydroxyl groups excluding tert-OH is 1. The summed E-state index contributed by atoms with van der Waals surface area (Å²) in [6.07, 6.45) is -2.15. The molecule has 14 heteroatoms. The van der Waals surface area contributed by atoms with Crippen molar-refractivity contribution in [1.82, 2.24) is 0 Å². The number of hydrogen-bond donors (Lipinski definition) is 1. The predicted octanol–water partition coefficient (Wildman–Crippen LogP) is 3.06. The summed E-state index contributed by atoms with van der Waals surface area (Å²) in [5.74, 6) is -1.57. The van der Waals surface area contributed by atoms with E-state index in [9.17, 15) is 31.5 Å². The van der Waals surface area contributed by atoms with E-state index in [1.807, 2.05) is 0 Å². The van der Waals surface area contributed by atoms with Crippen LogP contribution in [0.15, 0.2) is 42.0 Å². The molecular formula is C22H19F3O10S. The minimum absolute atomic E-state index is 0.0372. The number of carbonyl (C=O) groups excluding carboxylic acids is 1. The standard InChI is InChI=1S/C22H19F3O10S/c1-11(9-26)33-13-4-6-15-14(8-13)20(35-36(28,29)22(23,24)25)18(21(27)30-2)19(34-15)12-3-5-16-17(7-12)32-10-31-16/h3-8,11,19,26H,9-10H2,1-2H3. The zero-order chi connectivity index (χ0) is 26.3. The van der Waals surface area contributed by atoms with Gasteiger partial charge in [0.1, 0.15) is 23.2 Å². The highest BCUT2D eigenvalue weighted by molar-refractivity contribution is 7.87. The molecule has 0 aromatic heterocycles. The van der Waals surface area contributed by atoms with E-state index < -0.39 is 45.1 Å². The summed E-state index contributed by atoms with van der Waals surface area (Å²) in [5.41, 5.74) is -6.55. The number of aliphatic hydroxyl groups is 1. The third-order valence-corrected chi connectivity index (χ3v) is 6.08. The van der Waals surface area contributed by atoms with Crippen LogP contribution < -0.4 is 18.9 Å². The Bertz CT molecular complexity index is 1320. The first-order valence-electron chi connectivity index (χ1n) is 10.3. The van der Waals surface area contributed by atoms with Crippen molar-refractivity contribution >= 4 is 21.8 Å². The number of fused-ring (bicyclic) bond motifs is 2. The van der Waals surface area contributed by atoms with Crippen molar-refractivity contribution in [3.63, 3.8) is 0 Å². The van der Waals surface area contributed by atoms with E-state index in [-0.39, 0.29) is 41.8 Å². The molecule has 2 aliphatic rings. The van der Waals surface area contributed by atoms with Gasteiger partial charge in [-0.1, -0.05) is 6.07 Å². The number of hydrogen-bond acceptors (Lipinski definition) is 10. The second-order valence-electron chi connectivity index (χ2n) is 7.60. The van der Waals surface area contributed by atoms with Gasteiger partial charge in [-0.15, -0.1) is 0 Å². The van der Waals surface area contributed by atoms with Crippen LogP contribution in [0.1, 0.15) is 24.2 Å².